The molecule has 0 aliphatic rings. The maximum Gasteiger partial charge on any atom is 0.413 e. The van der Waals surface area contributed by atoms with Crippen molar-refractivity contribution >= 4 is 40.0 Å². The number of hydrogen-bond donors (Lipinski definition) is 1. The van der Waals surface area contributed by atoms with Crippen molar-refractivity contribution in [2.75, 3.05) is 13.2 Å². The minimum atomic E-state index is -0.892. The molecule has 0 saturated carbocycles. The third-order valence-corrected chi connectivity index (χ3v) is 4.67. The minimum absolute atomic E-state index is 0.124. The molecule has 0 bridgehead atoms. The first-order valence-corrected chi connectivity index (χ1v) is 10.5. The molecule has 3 aromatic rings. The summed E-state index contributed by atoms with van der Waals surface area (Å²) in [4.78, 5) is 34.9. The van der Waals surface area contributed by atoms with Gasteiger partial charge < -0.3 is 9.47 Å². The molecular weight excluding hydrogens is 478 g/mol. The lowest BCUT2D eigenvalue weighted by Gasteiger charge is -2.04. The first-order valence-electron chi connectivity index (χ1n) is 9.68. The van der Waals surface area contributed by atoms with Crippen molar-refractivity contribution in [1.29, 1.82) is 0 Å². The van der Waals surface area contributed by atoms with Crippen LogP contribution in [0.4, 0.5) is 4.79 Å². The van der Waals surface area contributed by atoms with Crippen molar-refractivity contribution in [2.24, 2.45) is 0 Å². The summed E-state index contributed by atoms with van der Waals surface area (Å²) in [5, 5.41) is 6.61. The van der Waals surface area contributed by atoms with Gasteiger partial charge in [0.05, 0.1) is 18.0 Å². The normalized spacial score (nSPS) is 10.7. The van der Waals surface area contributed by atoms with Gasteiger partial charge in [0, 0.05) is 27.9 Å². The molecule has 0 fully saturated rings. The third-order valence-electron chi connectivity index (χ3n) is 4.14. The minimum Gasteiger partial charge on any atom is -0.452 e. The molecule has 1 aromatic heterocycles. The van der Waals surface area contributed by atoms with Gasteiger partial charge in [0.2, 0.25) is 0 Å². The van der Waals surface area contributed by atoms with Crippen LogP contribution in [0.2, 0.25) is 0 Å². The van der Waals surface area contributed by atoms with E-state index in [1.807, 2.05) is 59.9 Å². The van der Waals surface area contributed by atoms with Crippen LogP contribution in [-0.4, -0.2) is 41.0 Å². The van der Waals surface area contributed by atoms with E-state index in [0.717, 1.165) is 15.7 Å². The van der Waals surface area contributed by atoms with Gasteiger partial charge in [-0.3, -0.25) is 10.1 Å². The van der Waals surface area contributed by atoms with E-state index in [1.54, 1.807) is 23.9 Å². The number of alkyl carbamates (subject to hydrolysis) is 1. The molecule has 0 spiro atoms. The number of hydrogen-bond acceptors (Lipinski definition) is 6. The Kier molecular flexibility index (Phi) is 7.93. The molecule has 0 atom stereocenters. The quantitative estimate of drug-likeness (QED) is 0.389. The number of benzene rings is 2. The highest BCUT2D eigenvalue weighted by atomic mass is 79.9. The van der Waals surface area contributed by atoms with Gasteiger partial charge in [-0.15, -0.1) is 0 Å². The van der Waals surface area contributed by atoms with Crippen molar-refractivity contribution in [3.63, 3.8) is 0 Å². The second kappa shape index (κ2) is 11.1. The zero-order valence-corrected chi connectivity index (χ0v) is 18.7. The highest BCUT2D eigenvalue weighted by Gasteiger charge is 2.13. The molecule has 0 saturated heterocycles. The molecular formula is C23H20BrN3O5. The van der Waals surface area contributed by atoms with Gasteiger partial charge in [0.1, 0.15) is 0 Å². The molecule has 0 unspecified atom stereocenters. The Bertz CT molecular complexity index is 1120. The molecule has 1 heterocycles. The molecule has 2 amide bonds. The number of imide groups is 1. The summed E-state index contributed by atoms with van der Waals surface area (Å²) in [6, 6.07) is 17.2. The van der Waals surface area contributed by atoms with Crippen molar-refractivity contribution in [3.8, 4) is 16.9 Å². The van der Waals surface area contributed by atoms with Gasteiger partial charge in [-0.2, -0.15) is 5.10 Å². The van der Waals surface area contributed by atoms with Crippen LogP contribution < -0.4 is 5.32 Å². The number of para-hydroxylation sites is 1. The van der Waals surface area contributed by atoms with Gasteiger partial charge >= 0.3 is 12.1 Å². The number of nitrogens with zero attached hydrogens (tertiary/aromatic N) is 2. The molecule has 9 heteroatoms. The molecule has 0 radical (unpaired) electrons. The van der Waals surface area contributed by atoms with Gasteiger partial charge in [-0.1, -0.05) is 46.3 Å². The van der Waals surface area contributed by atoms with E-state index in [1.165, 1.54) is 6.08 Å². The Balaban J connectivity index is 1.75. The zero-order valence-electron chi connectivity index (χ0n) is 17.2. The highest BCUT2D eigenvalue weighted by molar-refractivity contribution is 9.10. The Morgan fingerprint density at radius 1 is 1.06 bits per heavy atom. The smallest absolute Gasteiger partial charge is 0.413 e. The van der Waals surface area contributed by atoms with Crippen molar-refractivity contribution in [3.05, 3.63) is 76.9 Å². The summed E-state index contributed by atoms with van der Waals surface area (Å²) in [6.45, 7) is 1.13. The number of carbonyl (C=O) groups is 3. The van der Waals surface area contributed by atoms with Crippen LogP contribution in [0.3, 0.4) is 0 Å². The van der Waals surface area contributed by atoms with Crippen molar-refractivity contribution < 1.29 is 23.9 Å². The first kappa shape index (κ1) is 23.0. The lowest BCUT2D eigenvalue weighted by Crippen LogP contribution is -2.34. The summed E-state index contributed by atoms with van der Waals surface area (Å²) >= 11 is 3.42. The predicted molar refractivity (Wildman–Crippen MR) is 122 cm³/mol. The maximum atomic E-state index is 12.1. The largest absolute Gasteiger partial charge is 0.452 e. The fourth-order valence-electron chi connectivity index (χ4n) is 2.71. The van der Waals surface area contributed by atoms with Crippen molar-refractivity contribution in [2.45, 2.75) is 6.92 Å². The van der Waals surface area contributed by atoms with Crippen LogP contribution in [0.1, 0.15) is 12.5 Å². The first-order chi connectivity index (χ1) is 15.5. The van der Waals surface area contributed by atoms with Crippen LogP contribution in [0.5, 0.6) is 0 Å². The van der Waals surface area contributed by atoms with E-state index < -0.39 is 24.6 Å². The molecule has 32 heavy (non-hydrogen) atoms. The number of halogens is 1. The Hall–Kier alpha value is -3.72. The zero-order chi connectivity index (χ0) is 22.9. The summed E-state index contributed by atoms with van der Waals surface area (Å²) in [5.41, 5.74) is 3.09. The van der Waals surface area contributed by atoms with E-state index in [0.29, 0.717) is 11.3 Å². The fourth-order valence-corrected chi connectivity index (χ4v) is 2.98. The predicted octanol–water partition coefficient (Wildman–Crippen LogP) is 4.13. The molecule has 1 N–H and O–H groups in total. The number of nitrogens with one attached hydrogen (secondary N) is 1. The van der Waals surface area contributed by atoms with Gasteiger partial charge in [0.25, 0.3) is 5.91 Å². The maximum absolute atomic E-state index is 12.1. The number of carbonyl (C=O) groups excluding carboxylic acids is 3. The van der Waals surface area contributed by atoms with E-state index >= 15 is 0 Å². The van der Waals surface area contributed by atoms with Gasteiger partial charge in [0.15, 0.2) is 6.61 Å². The lowest BCUT2D eigenvalue weighted by atomic mass is 10.1. The summed E-state index contributed by atoms with van der Waals surface area (Å²) in [5.74, 6) is -1.52. The number of amides is 2. The number of esters is 1. The molecule has 164 valence electrons. The number of ether oxygens (including phenoxy) is 2. The molecule has 0 aliphatic heterocycles. The van der Waals surface area contributed by atoms with Crippen molar-refractivity contribution in [1.82, 2.24) is 15.1 Å². The second-order valence-corrected chi connectivity index (χ2v) is 7.35. The fraction of sp³-hybridized carbons (Fsp3) is 0.130. The van der Waals surface area contributed by atoms with Gasteiger partial charge in [-0.25, -0.2) is 14.3 Å². The Labute approximate surface area is 193 Å². The standard InChI is InChI=1S/C23H20BrN3O5/c1-2-31-23(30)25-20(28)15-32-21(29)13-10-17-14-27(19-6-4-3-5-7-19)26-22(17)16-8-11-18(24)12-9-16/h3-14H,2,15H2,1H3,(H,25,28,30)/b13-10+. The Morgan fingerprint density at radius 2 is 1.78 bits per heavy atom. The van der Waals surface area contributed by atoms with Gasteiger partial charge in [-0.05, 0) is 37.3 Å². The summed E-state index contributed by atoms with van der Waals surface area (Å²) in [7, 11) is 0. The Morgan fingerprint density at radius 3 is 2.47 bits per heavy atom. The van der Waals surface area contributed by atoms with E-state index in [-0.39, 0.29) is 6.61 Å². The van der Waals surface area contributed by atoms with Crippen LogP contribution in [-0.2, 0) is 19.1 Å². The third kappa shape index (κ3) is 6.39. The van der Waals surface area contributed by atoms with Crippen LogP contribution in [0.15, 0.2) is 71.3 Å². The average Bonchev–Trinajstić information content (AvgIpc) is 3.22. The highest BCUT2D eigenvalue weighted by Crippen LogP contribution is 2.26. The number of aromatic nitrogens is 2. The summed E-state index contributed by atoms with van der Waals surface area (Å²) in [6.07, 6.45) is 3.67. The number of rotatable bonds is 7. The van der Waals surface area contributed by atoms with Crippen LogP contribution in [0, 0.1) is 0 Å². The SMILES string of the molecule is CCOC(=O)NC(=O)COC(=O)/C=C/c1cn(-c2ccccc2)nc1-c1ccc(Br)cc1. The van der Waals surface area contributed by atoms with Crippen LogP contribution in [0.25, 0.3) is 23.0 Å². The average molecular weight is 498 g/mol. The monoisotopic (exact) mass is 497 g/mol. The summed E-state index contributed by atoms with van der Waals surface area (Å²) < 4.78 is 12.1. The second-order valence-electron chi connectivity index (χ2n) is 6.43. The topological polar surface area (TPSA) is 99.5 Å². The molecule has 2 aromatic carbocycles. The molecule has 3 rings (SSSR count). The van der Waals surface area contributed by atoms with E-state index in [2.05, 4.69) is 25.8 Å². The van der Waals surface area contributed by atoms with Crippen LogP contribution >= 0.6 is 15.9 Å². The van der Waals surface area contributed by atoms with E-state index in [4.69, 9.17) is 4.74 Å². The van der Waals surface area contributed by atoms with E-state index in [9.17, 15) is 14.4 Å². The lowest BCUT2D eigenvalue weighted by molar-refractivity contribution is -0.143. The molecule has 8 nitrogen and oxygen atoms in total. The molecule has 0 aliphatic carbocycles.